The van der Waals surface area contributed by atoms with E-state index in [4.69, 9.17) is 90.3 Å². The van der Waals surface area contributed by atoms with Gasteiger partial charge in [0, 0.05) is 0 Å². The Bertz CT molecular complexity index is 2340. The fourth-order valence-electron chi connectivity index (χ4n) is 6.31. The van der Waals surface area contributed by atoms with Crippen LogP contribution in [-0.2, 0) is 110 Å². The van der Waals surface area contributed by atoms with E-state index in [0.29, 0.717) is 5.56 Å². The van der Waals surface area contributed by atoms with E-state index in [1.165, 1.54) is 0 Å². The maximum Gasteiger partial charge on any atom is 0.327 e. The number of nitriles is 6. The Morgan fingerprint density at radius 2 is 0.536 bits per heavy atom. The molecule has 0 radical (unpaired) electrons. The molecule has 0 amide bonds. The van der Waals surface area contributed by atoms with Gasteiger partial charge in [0.05, 0.1) is 134 Å². The van der Waals surface area contributed by atoms with Crippen LogP contribution < -0.4 is 0 Å². The molecule has 0 aliphatic heterocycles. The summed E-state index contributed by atoms with van der Waals surface area (Å²) in [5.41, 5.74) is 2.16. The minimum absolute atomic E-state index is 0.0499. The van der Waals surface area contributed by atoms with E-state index in [2.05, 4.69) is 0 Å². The monoisotopic (exact) mass is 1060 g/mol. The summed E-state index contributed by atoms with van der Waals surface area (Å²) < 4.78 is 77.8. The van der Waals surface area contributed by atoms with Crippen LogP contribution in [0.2, 0.25) is 0 Å². The summed E-state index contributed by atoms with van der Waals surface area (Å²) in [6.45, 7) is -13.7. The van der Waals surface area contributed by atoms with Gasteiger partial charge in [0.15, 0.2) is 0 Å². The molecule has 0 saturated heterocycles. The third kappa shape index (κ3) is 20.4. The zero-order valence-electron chi connectivity index (χ0n) is 37.4. The minimum Gasteiger partial charge on any atom is -0.368 e. The molecule has 0 bridgehead atoms. The summed E-state index contributed by atoms with van der Waals surface area (Å²) in [5, 5.41) is 57.0. The lowest BCUT2D eigenvalue weighted by atomic mass is 9.84. The van der Waals surface area contributed by atoms with Crippen LogP contribution in [0.1, 0.15) is 55.2 Å². The molecule has 6 atom stereocenters. The van der Waals surface area contributed by atoms with Crippen molar-refractivity contribution in [2.45, 2.75) is 95.0 Å². The van der Waals surface area contributed by atoms with Crippen molar-refractivity contribution in [3.05, 3.63) is 108 Å². The Labute approximate surface area is 418 Å². The lowest BCUT2D eigenvalue weighted by Gasteiger charge is -2.51. The molecule has 3 aromatic rings. The predicted molar refractivity (Wildman–Crippen MR) is 260 cm³/mol. The van der Waals surface area contributed by atoms with Gasteiger partial charge in [-0.25, -0.2) is 0 Å². The molecule has 0 aromatic heterocycles. The molecular weight excluding hydrogens is 1010 g/mol. The molecule has 1 fully saturated rings. The third-order valence-electron chi connectivity index (χ3n) is 9.33. The summed E-state index contributed by atoms with van der Waals surface area (Å²) in [7, 11) is 0. The van der Waals surface area contributed by atoms with E-state index in [1.807, 2.05) is 127 Å². The molecule has 69 heavy (non-hydrogen) atoms. The van der Waals surface area contributed by atoms with Gasteiger partial charge in [0.1, 0.15) is 36.6 Å². The second-order valence-corrected chi connectivity index (χ2v) is 23.2. The van der Waals surface area contributed by atoms with E-state index in [0.717, 1.165) is 11.1 Å². The summed E-state index contributed by atoms with van der Waals surface area (Å²) in [6, 6.07) is 39.6. The minimum atomic E-state index is -4.06. The van der Waals surface area contributed by atoms with E-state index < -0.39 is 56.8 Å². The molecule has 0 unspecified atom stereocenters. The van der Waals surface area contributed by atoms with Gasteiger partial charge in [-0.1, -0.05) is 91.0 Å². The van der Waals surface area contributed by atoms with Crippen molar-refractivity contribution in [3.8, 4) is 36.4 Å². The topological polar surface area (TPSA) is 253 Å². The van der Waals surface area contributed by atoms with Gasteiger partial charge < -0.3 is 41.4 Å². The van der Waals surface area contributed by atoms with E-state index in [9.17, 15) is 31.6 Å². The largest absolute Gasteiger partial charge is 0.368 e. The smallest absolute Gasteiger partial charge is 0.327 e. The molecule has 0 spiro atoms. The average Bonchev–Trinajstić information content (AvgIpc) is 3.35. The molecule has 0 N–H and O–H groups in total. The summed E-state index contributed by atoms with van der Waals surface area (Å²) >= 11 is 18.1. The van der Waals surface area contributed by atoms with Crippen molar-refractivity contribution >= 4 is 55.6 Å². The summed E-state index contributed by atoms with van der Waals surface area (Å²) in [6.07, 6.45) is -9.14. The lowest BCUT2D eigenvalue weighted by molar-refractivity contribution is -0.251. The Balaban J connectivity index is 2.08. The van der Waals surface area contributed by atoms with Crippen LogP contribution in [0.3, 0.4) is 0 Å². The number of nitrogens with zero attached hydrogens (tertiary/aromatic N) is 6. The van der Waals surface area contributed by atoms with E-state index in [1.54, 1.807) is 0 Å². The molecule has 4 rings (SSSR count). The van der Waals surface area contributed by atoms with Gasteiger partial charge in [-0.2, -0.15) is 31.6 Å². The highest BCUT2D eigenvalue weighted by Gasteiger charge is 2.59. The van der Waals surface area contributed by atoms with Crippen LogP contribution in [0.4, 0.5) is 0 Å². The highest BCUT2D eigenvalue weighted by molar-refractivity contribution is 8.08. The molecule has 366 valence electrons. The quantitative estimate of drug-likeness (QED) is 0.0407. The molecule has 1 aliphatic carbocycles. The van der Waals surface area contributed by atoms with Crippen molar-refractivity contribution in [2.75, 3.05) is 39.6 Å². The highest BCUT2D eigenvalue weighted by Crippen LogP contribution is 2.60. The first-order valence-corrected chi connectivity index (χ1v) is 29.1. The standard InChI is InChI=1S/C45H51N6O12P3S3/c46-22-10-28-55-64(67,56-29-11-23-47)61-43-40(52-34-37-16-4-1-5-17-37)41(53-35-38-18-6-2-7-19-38)44(62-65(68,57-30-12-24-48)58-31-13-25-49)45(42(43)54-36-39-20-8-3-9-21-39)63-66(69,59-32-14-26-50)60-33-15-27-51/h1-9,16-21,40-45H,10-15,28-36H2/t40-,41-,42-,43+,44-,45-/m0/s1. The normalized spacial score (nSPS) is 19.2. The van der Waals surface area contributed by atoms with Crippen LogP contribution in [-0.4, -0.2) is 76.3 Å². The second-order valence-electron chi connectivity index (χ2n) is 14.3. The van der Waals surface area contributed by atoms with Crippen molar-refractivity contribution < 1.29 is 54.9 Å². The van der Waals surface area contributed by atoms with Crippen molar-refractivity contribution in [2.24, 2.45) is 0 Å². The Hall–Kier alpha value is -3.93. The van der Waals surface area contributed by atoms with Gasteiger partial charge in [0.2, 0.25) is 0 Å². The Kier molecular flexibility index (Phi) is 26.8. The van der Waals surface area contributed by atoms with E-state index >= 15 is 0 Å². The summed E-state index contributed by atoms with van der Waals surface area (Å²) in [4.78, 5) is 0. The second kappa shape index (κ2) is 32.1. The molecule has 1 saturated carbocycles. The van der Waals surface area contributed by atoms with Gasteiger partial charge in [-0.15, -0.1) is 0 Å². The first-order valence-electron chi connectivity index (χ1n) is 21.5. The number of rotatable bonds is 33. The van der Waals surface area contributed by atoms with Gasteiger partial charge >= 0.3 is 20.2 Å². The number of hydrogen-bond acceptors (Lipinski definition) is 21. The molecule has 0 heterocycles. The zero-order valence-corrected chi connectivity index (χ0v) is 42.5. The Morgan fingerprint density at radius 3 is 0.754 bits per heavy atom. The van der Waals surface area contributed by atoms with Crippen molar-refractivity contribution in [1.29, 1.82) is 31.6 Å². The first-order chi connectivity index (χ1) is 33.5. The number of benzene rings is 3. The fraction of sp³-hybridized carbons (Fsp3) is 0.467. The van der Waals surface area contributed by atoms with Gasteiger partial charge in [0.25, 0.3) is 0 Å². The molecule has 18 nitrogen and oxygen atoms in total. The molecular formula is C45H51N6O12P3S3. The molecule has 3 aromatic carbocycles. The van der Waals surface area contributed by atoms with Gasteiger partial charge in [-0.3, -0.25) is 13.6 Å². The van der Waals surface area contributed by atoms with Crippen LogP contribution >= 0.6 is 20.2 Å². The van der Waals surface area contributed by atoms with Crippen LogP contribution in [0, 0.1) is 68.0 Å². The zero-order chi connectivity index (χ0) is 49.6. The molecule has 24 heteroatoms. The third-order valence-corrected chi connectivity index (χ3v) is 16.5. The molecule has 1 aliphatic rings. The van der Waals surface area contributed by atoms with Gasteiger partial charge in [-0.05, 0) is 52.1 Å². The first kappa shape index (κ1) is 57.6. The number of hydrogen-bond donors (Lipinski definition) is 0. The average molecular weight is 1060 g/mol. The fourth-order valence-corrected chi connectivity index (χ4v) is 12.6. The van der Waals surface area contributed by atoms with E-state index in [-0.39, 0.29) is 98.0 Å². The predicted octanol–water partition coefficient (Wildman–Crippen LogP) is 9.17. The maximum atomic E-state index is 9.51. The van der Waals surface area contributed by atoms with Crippen LogP contribution in [0.5, 0.6) is 0 Å². The number of ether oxygens (including phenoxy) is 3. The Morgan fingerprint density at radius 1 is 0.333 bits per heavy atom. The van der Waals surface area contributed by atoms with Crippen molar-refractivity contribution in [3.63, 3.8) is 0 Å². The summed E-state index contributed by atoms with van der Waals surface area (Å²) in [5.74, 6) is 0. The van der Waals surface area contributed by atoms with Crippen LogP contribution in [0.15, 0.2) is 91.0 Å². The SMILES string of the molecule is N#CCCOP(=S)(OCCC#N)O[C@@H]1[C@@H](OCc2ccccc2)[C@H](OCc2ccccc2)[C@H](OP(=S)(OCCC#N)OCCC#N)[C@@H](OP(=S)(OCCC#N)OCCC#N)[C@H]1OCc1ccccc1. The lowest BCUT2D eigenvalue weighted by Crippen LogP contribution is -2.67. The van der Waals surface area contributed by atoms with Crippen LogP contribution in [0.25, 0.3) is 0 Å². The maximum absolute atomic E-state index is 9.51. The van der Waals surface area contributed by atoms with Crippen molar-refractivity contribution in [1.82, 2.24) is 0 Å². The highest BCUT2D eigenvalue weighted by atomic mass is 32.5.